The van der Waals surface area contributed by atoms with E-state index in [0.29, 0.717) is 11.4 Å². The molecule has 4 heteroatoms. The van der Waals surface area contributed by atoms with Crippen molar-refractivity contribution in [2.45, 2.75) is 15.2 Å². The maximum absolute atomic E-state index is 10.0. The summed E-state index contributed by atoms with van der Waals surface area (Å²) < 4.78 is 0. The van der Waals surface area contributed by atoms with E-state index in [1.165, 1.54) is 53.9 Å². The Morgan fingerprint density at radius 2 is 0.946 bits per heavy atom. The van der Waals surface area contributed by atoms with Crippen LogP contribution in [0.2, 0.25) is 0 Å². The third-order valence-corrected chi connectivity index (χ3v) is 12.5. The van der Waals surface area contributed by atoms with Crippen LogP contribution in [0.3, 0.4) is 0 Å². The Bertz CT molecular complexity index is 3040. The summed E-state index contributed by atoms with van der Waals surface area (Å²) in [6.45, 7) is 0. The molecule has 9 aromatic rings. The van der Waals surface area contributed by atoms with Gasteiger partial charge in [0.2, 0.25) is 0 Å². The Balaban J connectivity index is 1.14. The van der Waals surface area contributed by atoms with Gasteiger partial charge in [0.25, 0.3) is 0 Å². The predicted octanol–water partition coefficient (Wildman–Crippen LogP) is 13.0. The van der Waals surface area contributed by atoms with Crippen molar-refractivity contribution in [1.82, 2.24) is 9.97 Å². The smallest absolute Gasteiger partial charge is 0.160 e. The zero-order valence-electron chi connectivity index (χ0n) is 30.1. The lowest BCUT2D eigenvalue weighted by molar-refractivity contribution is 0.723. The highest BCUT2D eigenvalue weighted by atomic mass is 32.2. The Morgan fingerprint density at radius 1 is 0.411 bits per heavy atom. The number of hydrogen-bond donors (Lipinski definition) is 0. The third-order valence-electron chi connectivity index (χ3n) is 11.4. The molecule has 0 N–H and O–H groups in total. The summed E-state index contributed by atoms with van der Waals surface area (Å²) in [6.07, 6.45) is 0. The first-order valence-electron chi connectivity index (χ1n) is 18.8. The van der Waals surface area contributed by atoms with Crippen LogP contribution in [-0.4, -0.2) is 9.97 Å². The van der Waals surface area contributed by atoms with Gasteiger partial charge in [0, 0.05) is 26.5 Å². The standard InChI is InChI=1S/C52H31N3S/c53-32-39-16-6-7-17-40(39)36-24-26-45-49(29-36)56-50-30-38(25-27-46(50)52(45)43-20-10-8-18-41(43)42-19-9-11-21-44(42)52)48-31-47(54-51(55-48)34-13-2-1-3-14-34)37-23-22-33-12-4-5-15-35(33)28-37/h1-31H. The SMILES string of the molecule is N#Cc1ccccc1-c1ccc2c(c1)Sc1cc(-c3cc(-c4ccc5ccccc5c4)nc(-c4ccccc4)n3)ccc1C21c2ccccc2-c2ccccc21. The first-order valence-corrected chi connectivity index (χ1v) is 19.6. The van der Waals surface area contributed by atoms with Crippen LogP contribution in [0.15, 0.2) is 198 Å². The fourth-order valence-electron chi connectivity index (χ4n) is 8.88. The van der Waals surface area contributed by atoms with E-state index in [9.17, 15) is 5.26 Å². The van der Waals surface area contributed by atoms with Gasteiger partial charge < -0.3 is 0 Å². The molecule has 1 aliphatic carbocycles. The van der Waals surface area contributed by atoms with E-state index in [2.05, 4.69) is 152 Å². The molecule has 0 bridgehead atoms. The normalized spacial score (nSPS) is 13.1. The maximum Gasteiger partial charge on any atom is 0.160 e. The lowest BCUT2D eigenvalue weighted by Gasteiger charge is -2.40. The van der Waals surface area contributed by atoms with Gasteiger partial charge in [-0.15, -0.1) is 0 Å². The molecule has 3 nitrogen and oxygen atoms in total. The van der Waals surface area contributed by atoms with Gasteiger partial charge in [-0.1, -0.05) is 169 Å². The van der Waals surface area contributed by atoms with Crippen LogP contribution >= 0.6 is 11.8 Å². The molecule has 0 saturated heterocycles. The molecule has 1 aromatic heterocycles. The van der Waals surface area contributed by atoms with Gasteiger partial charge in [0.1, 0.15) is 0 Å². The average Bonchev–Trinajstić information content (AvgIpc) is 3.56. The first-order chi connectivity index (χ1) is 27.7. The summed E-state index contributed by atoms with van der Waals surface area (Å²) in [5.41, 5.74) is 14.5. The lowest BCUT2D eigenvalue weighted by atomic mass is 9.67. The Hall–Kier alpha value is -7.06. The minimum Gasteiger partial charge on any atom is -0.228 e. The number of benzene rings is 8. The van der Waals surface area contributed by atoms with E-state index in [-0.39, 0.29) is 0 Å². The lowest BCUT2D eigenvalue weighted by Crippen LogP contribution is -2.32. The molecule has 56 heavy (non-hydrogen) atoms. The van der Waals surface area contributed by atoms with Crippen LogP contribution in [0.1, 0.15) is 27.8 Å². The van der Waals surface area contributed by atoms with Gasteiger partial charge >= 0.3 is 0 Å². The van der Waals surface area contributed by atoms with Crippen LogP contribution in [0.25, 0.3) is 66.9 Å². The zero-order valence-corrected chi connectivity index (χ0v) is 31.0. The number of nitrogens with zero attached hydrogens (tertiary/aromatic N) is 3. The Kier molecular flexibility index (Phi) is 7.38. The molecule has 11 rings (SSSR count). The molecule has 2 aliphatic rings. The van der Waals surface area contributed by atoms with Crippen LogP contribution < -0.4 is 0 Å². The molecule has 1 aliphatic heterocycles. The van der Waals surface area contributed by atoms with Crippen LogP contribution in [-0.2, 0) is 5.41 Å². The highest BCUT2D eigenvalue weighted by Crippen LogP contribution is 2.62. The van der Waals surface area contributed by atoms with Crippen molar-refractivity contribution in [3.8, 4) is 62.2 Å². The summed E-state index contributed by atoms with van der Waals surface area (Å²) >= 11 is 1.80. The van der Waals surface area contributed by atoms with E-state index in [0.717, 1.165) is 39.2 Å². The maximum atomic E-state index is 10.0. The van der Waals surface area contributed by atoms with Gasteiger partial charge in [-0.25, -0.2) is 9.97 Å². The van der Waals surface area contributed by atoms with Gasteiger partial charge in [0.15, 0.2) is 5.82 Å². The average molecular weight is 730 g/mol. The fourth-order valence-corrected chi connectivity index (χ4v) is 10.2. The van der Waals surface area contributed by atoms with Crippen molar-refractivity contribution in [1.29, 1.82) is 5.26 Å². The third kappa shape index (κ3) is 4.92. The molecule has 0 unspecified atom stereocenters. The fraction of sp³-hybridized carbons (Fsp3) is 0.0192. The second-order valence-electron chi connectivity index (χ2n) is 14.4. The summed E-state index contributed by atoms with van der Waals surface area (Å²) in [5.74, 6) is 0.692. The van der Waals surface area contributed by atoms with E-state index in [1.807, 2.05) is 42.5 Å². The predicted molar refractivity (Wildman–Crippen MR) is 227 cm³/mol. The molecule has 0 amide bonds. The van der Waals surface area contributed by atoms with Gasteiger partial charge in [-0.3, -0.25) is 0 Å². The van der Waals surface area contributed by atoms with Gasteiger partial charge in [0.05, 0.1) is 28.4 Å². The number of hydrogen-bond acceptors (Lipinski definition) is 4. The van der Waals surface area contributed by atoms with Crippen molar-refractivity contribution in [2.24, 2.45) is 0 Å². The van der Waals surface area contributed by atoms with Crippen LogP contribution in [0.4, 0.5) is 0 Å². The number of nitriles is 1. The second kappa shape index (κ2) is 12.8. The van der Waals surface area contributed by atoms with Crippen molar-refractivity contribution in [3.05, 3.63) is 216 Å². The number of aromatic nitrogens is 2. The van der Waals surface area contributed by atoms with E-state index >= 15 is 0 Å². The topological polar surface area (TPSA) is 49.6 Å². The summed E-state index contributed by atoms with van der Waals surface area (Å²) in [7, 11) is 0. The van der Waals surface area contributed by atoms with E-state index in [1.54, 1.807) is 11.8 Å². The minimum absolute atomic E-state index is 0.522. The zero-order chi connectivity index (χ0) is 37.2. The van der Waals surface area contributed by atoms with Crippen molar-refractivity contribution < 1.29 is 0 Å². The highest BCUT2D eigenvalue weighted by Gasteiger charge is 2.50. The quantitative estimate of drug-likeness (QED) is 0.181. The second-order valence-corrected chi connectivity index (χ2v) is 15.5. The molecule has 0 fully saturated rings. The van der Waals surface area contributed by atoms with Crippen molar-refractivity contribution >= 4 is 22.5 Å². The highest BCUT2D eigenvalue weighted by molar-refractivity contribution is 7.99. The molecule has 0 saturated carbocycles. The Labute approximate surface area is 329 Å². The Morgan fingerprint density at radius 3 is 1.64 bits per heavy atom. The molecular weight excluding hydrogens is 699 g/mol. The monoisotopic (exact) mass is 729 g/mol. The van der Waals surface area contributed by atoms with E-state index in [4.69, 9.17) is 9.97 Å². The number of fused-ring (bicyclic) bond motifs is 10. The van der Waals surface area contributed by atoms with Crippen molar-refractivity contribution in [2.75, 3.05) is 0 Å². The van der Waals surface area contributed by atoms with Crippen LogP contribution in [0.5, 0.6) is 0 Å². The molecule has 0 radical (unpaired) electrons. The summed E-state index contributed by atoms with van der Waals surface area (Å²) in [5, 5.41) is 12.4. The van der Waals surface area contributed by atoms with E-state index < -0.39 is 5.41 Å². The molecule has 0 atom stereocenters. The van der Waals surface area contributed by atoms with Gasteiger partial charge in [-0.2, -0.15) is 5.26 Å². The molecule has 1 spiro atoms. The van der Waals surface area contributed by atoms with Gasteiger partial charge in [-0.05, 0) is 85.6 Å². The minimum atomic E-state index is -0.522. The molecule has 2 heterocycles. The number of rotatable bonds is 4. The van der Waals surface area contributed by atoms with Crippen LogP contribution in [0, 0.1) is 11.3 Å². The first kappa shape index (κ1) is 32.4. The summed E-state index contributed by atoms with van der Waals surface area (Å²) in [6, 6.07) is 69.1. The molecule has 260 valence electrons. The molecule has 8 aromatic carbocycles. The molecular formula is C52H31N3S. The largest absolute Gasteiger partial charge is 0.228 e. The van der Waals surface area contributed by atoms with Crippen molar-refractivity contribution in [3.63, 3.8) is 0 Å². The summed E-state index contributed by atoms with van der Waals surface area (Å²) in [4.78, 5) is 12.7.